The minimum Gasteiger partial charge on any atom is -0.452 e. The quantitative estimate of drug-likeness (QED) is 0.0458. The van der Waals surface area contributed by atoms with Crippen LogP contribution in [0, 0.1) is 0 Å². The van der Waals surface area contributed by atoms with E-state index in [0.29, 0.717) is 69.8 Å². The molecule has 4 aliphatic heterocycles. The number of methoxy groups -OCH3 is 4. The summed E-state index contributed by atoms with van der Waals surface area (Å²) in [4.78, 5) is 132. The highest BCUT2D eigenvalue weighted by atomic mass is 32.2. The number of carbonyl (C=O) groups excluding carboxylic acids is 6. The summed E-state index contributed by atoms with van der Waals surface area (Å²) in [5.41, 5.74) is 14.6. The van der Waals surface area contributed by atoms with Crippen molar-refractivity contribution in [3.05, 3.63) is 235 Å². The highest BCUT2D eigenvalue weighted by molar-refractivity contribution is 7.90. The standard InChI is InChI=1S/C27H33N5O5.C27H35N5O5.C24H29N3O4S.C20H21N3O2/c1-18-7-8-19-20(32(18)26(35)37-2)9-10-21-25(19)29-22(11-15-30-14-4-3-6-24(30)34)31(21)16-23(33)28-17-27(36)12-5-13-27;1-18-9-10-19-20(32(18)26(35)37-5)11-12-21-25(19)28-22(13-15-30-14-7-6-8-23(30)33)31(21)16-24(34)29(4)17-27(2,3)36;1-17-10-11-19-20(27(17)24(28)31-2)12-13-21-23(19)25-22(16-18-8-5-4-6-9-18)26(21)14-7-15-32(3,29)30;1-13-8-9-15-17(23(13)20(24)25-2)11-10-16-19(15)22-18(21-16)12-14-6-4-3-5-7-14/h3-4,6,9-10,14,18,36H,5,7-8,11-13,15-17H2,1-2H3,(H,28,33);6-8,11-12,14,18,36H,9-10,13,15-17H2,1-5H3;4-6,8-9,12-13,17H,7,10-11,14-16H2,1-3H3;3-7,10-11,13H,8-9,12H2,1-2H3,(H,21,22)/t2*18-;17-;13-/m0000/s1. The van der Waals surface area contributed by atoms with Crippen LogP contribution in [0.1, 0.15) is 150 Å². The van der Waals surface area contributed by atoms with E-state index in [0.717, 1.165) is 171 Å². The first-order valence-corrected chi connectivity index (χ1v) is 46.8. The summed E-state index contributed by atoms with van der Waals surface area (Å²) in [6.07, 6.45) is 14.9. The Bertz CT molecular complexity index is 6450. The number of H-pyrrole nitrogens is 1. The second-order valence-corrected chi connectivity index (χ2v) is 37.7. The van der Waals surface area contributed by atoms with Crippen molar-refractivity contribution in [1.82, 2.24) is 58.0 Å². The molecule has 4 atom stereocenters. The van der Waals surface area contributed by atoms with Crippen molar-refractivity contribution in [3.8, 4) is 0 Å². The molecule has 32 nitrogen and oxygen atoms in total. The monoisotopic (exact) mass is 1810 g/mol. The van der Waals surface area contributed by atoms with E-state index in [1.54, 1.807) is 80.2 Å². The van der Waals surface area contributed by atoms with Crippen LogP contribution in [0.2, 0.25) is 0 Å². The number of nitrogens with one attached hydrogen (secondary N) is 2. The van der Waals surface area contributed by atoms with Crippen LogP contribution in [-0.2, 0) is 122 Å². The Labute approximate surface area is 761 Å². The number of aromatic amines is 1. The molecule has 33 heteroatoms. The first-order valence-electron chi connectivity index (χ1n) is 44.8. The fourth-order valence-electron chi connectivity index (χ4n) is 18.4. The van der Waals surface area contributed by atoms with Crippen molar-refractivity contribution in [1.29, 1.82) is 0 Å². The van der Waals surface area contributed by atoms with Gasteiger partial charge in [-0.05, 0) is 190 Å². The van der Waals surface area contributed by atoms with E-state index in [9.17, 15) is 57.0 Å². The van der Waals surface area contributed by atoms with Gasteiger partial charge >= 0.3 is 24.4 Å². The van der Waals surface area contributed by atoms with Crippen LogP contribution in [0.5, 0.6) is 0 Å². The zero-order valence-corrected chi connectivity index (χ0v) is 77.4. The van der Waals surface area contributed by atoms with E-state index in [-0.39, 0.29) is 91.2 Å². The Balaban J connectivity index is 0.000000142. The lowest BCUT2D eigenvalue weighted by Crippen LogP contribution is -2.48. The van der Waals surface area contributed by atoms with Crippen LogP contribution in [0.3, 0.4) is 0 Å². The average Bonchev–Trinajstić information content (AvgIpc) is 1.46. The molecular formula is C98H118N16O16S. The SMILES string of the molecule is COC(=O)N1c2ccc3[nH]c(Cc4ccccc4)nc3c2CC[C@@H]1C.COC(=O)N1c2ccc3c(nc(CCn4ccccc4=O)n3CC(=O)N(C)CC(C)(C)O)c2CC[C@@H]1C.COC(=O)N1c2ccc3c(nc(CCn4ccccc4=O)n3CC(=O)NCC3(O)CCC3)c2CC[C@@H]1C.COC(=O)N1c2ccc3c(nc(Cc4ccccc4)n3CCCS(C)(=O)=O)c2CC[C@@H]1C. The minimum absolute atomic E-state index is 0.00741. The van der Waals surface area contributed by atoms with Crippen molar-refractivity contribution >= 4 is 113 Å². The number of fused-ring (bicyclic) bond motifs is 12. The van der Waals surface area contributed by atoms with Gasteiger partial charge in [0.05, 0.1) is 112 Å². The number of benzene rings is 6. The van der Waals surface area contributed by atoms with Gasteiger partial charge in [0.25, 0.3) is 11.1 Å². The highest BCUT2D eigenvalue weighted by Gasteiger charge is 2.39. The molecule has 6 amide bonds. The first kappa shape index (κ1) is 94.1. The lowest BCUT2D eigenvalue weighted by molar-refractivity contribution is -0.133. The molecule has 10 heterocycles. The van der Waals surface area contributed by atoms with Crippen molar-refractivity contribution in [2.75, 3.05) is 80.2 Å². The van der Waals surface area contributed by atoms with E-state index in [1.807, 2.05) is 121 Å². The van der Waals surface area contributed by atoms with Gasteiger partial charge < -0.3 is 67.2 Å². The van der Waals surface area contributed by atoms with Gasteiger partial charge in [0.2, 0.25) is 11.8 Å². The van der Waals surface area contributed by atoms with Gasteiger partial charge in [-0.1, -0.05) is 72.8 Å². The van der Waals surface area contributed by atoms with Gasteiger partial charge in [-0.2, -0.15) is 0 Å². The second kappa shape index (κ2) is 40.6. The molecule has 4 N–H and O–H groups in total. The molecular weight excluding hydrogens is 1690 g/mol. The van der Waals surface area contributed by atoms with Crippen LogP contribution in [0.15, 0.2) is 168 Å². The third kappa shape index (κ3) is 21.4. The van der Waals surface area contributed by atoms with Crippen LogP contribution in [0.4, 0.5) is 41.9 Å². The lowest BCUT2D eigenvalue weighted by atomic mass is 9.80. The third-order valence-electron chi connectivity index (χ3n) is 25.4. The fraction of sp³-hybridized carbons (Fsp3) is 0.429. The van der Waals surface area contributed by atoms with Gasteiger partial charge in [-0.25, -0.2) is 47.5 Å². The number of amides is 6. The van der Waals surface area contributed by atoms with E-state index in [4.69, 9.17) is 38.9 Å². The molecule has 1 fully saturated rings. The molecule has 131 heavy (non-hydrogen) atoms. The third-order valence-corrected chi connectivity index (χ3v) is 26.4. The number of aliphatic hydroxyl groups is 2. The maximum atomic E-state index is 13.2. The number of likely N-dealkylation sites (N-methyl/N-ethyl adjacent to an activating group) is 1. The van der Waals surface area contributed by atoms with Crippen molar-refractivity contribution in [2.45, 2.75) is 212 Å². The normalized spacial score (nSPS) is 16.7. The number of anilines is 4. The van der Waals surface area contributed by atoms with Crippen LogP contribution in [-0.4, -0.2) is 203 Å². The molecule has 692 valence electrons. The maximum Gasteiger partial charge on any atom is 0.414 e. The second-order valence-electron chi connectivity index (χ2n) is 35.4. The summed E-state index contributed by atoms with van der Waals surface area (Å²) in [5.74, 6) is 2.96. The van der Waals surface area contributed by atoms with E-state index < -0.39 is 33.2 Å². The minimum atomic E-state index is -3.03. The molecule has 0 spiro atoms. The molecule has 1 saturated carbocycles. The Hall–Kier alpha value is -13.0. The van der Waals surface area contributed by atoms with E-state index >= 15 is 0 Å². The van der Waals surface area contributed by atoms with E-state index in [1.165, 1.54) is 57.3 Å². The fourth-order valence-corrected chi connectivity index (χ4v) is 19.1. The maximum absolute atomic E-state index is 13.2. The number of rotatable bonds is 22. The smallest absolute Gasteiger partial charge is 0.414 e. The predicted molar refractivity (Wildman–Crippen MR) is 503 cm³/mol. The number of hydrogen-bond acceptors (Lipinski definition) is 20. The molecule has 6 aromatic carbocycles. The number of aryl methyl sites for hydroxylation is 9. The molecule has 1 aliphatic carbocycles. The van der Waals surface area contributed by atoms with Gasteiger partial charge in [-0.15, -0.1) is 0 Å². The van der Waals surface area contributed by atoms with E-state index in [2.05, 4.69) is 46.1 Å². The first-order chi connectivity index (χ1) is 62.7. The van der Waals surface area contributed by atoms with Crippen molar-refractivity contribution in [2.24, 2.45) is 0 Å². The van der Waals surface area contributed by atoms with Gasteiger partial charge in [-0.3, -0.25) is 38.8 Å². The Morgan fingerprint density at radius 1 is 0.511 bits per heavy atom. The summed E-state index contributed by atoms with van der Waals surface area (Å²) < 4.78 is 52.5. The summed E-state index contributed by atoms with van der Waals surface area (Å²) in [5, 5.41) is 23.4. The molecule has 0 radical (unpaired) electrons. The van der Waals surface area contributed by atoms with Gasteiger partial charge in [0, 0.05) is 143 Å². The van der Waals surface area contributed by atoms with Crippen molar-refractivity contribution in [3.63, 3.8) is 0 Å². The summed E-state index contributed by atoms with van der Waals surface area (Å²) in [6.45, 7) is 13.3. The molecule has 0 bridgehead atoms. The van der Waals surface area contributed by atoms with Crippen LogP contribution < -0.4 is 36.0 Å². The number of nitrogens with zero attached hydrogens (tertiary/aromatic N) is 14. The summed E-state index contributed by atoms with van der Waals surface area (Å²) in [6, 6.07) is 46.1. The Morgan fingerprint density at radius 3 is 1.31 bits per heavy atom. The average molecular weight is 1810 g/mol. The zero-order chi connectivity index (χ0) is 93.3. The van der Waals surface area contributed by atoms with Crippen LogP contribution in [0.25, 0.3) is 44.1 Å². The molecule has 6 aromatic heterocycles. The number of sulfone groups is 1. The molecule has 0 unspecified atom stereocenters. The molecule has 5 aliphatic rings. The zero-order valence-electron chi connectivity index (χ0n) is 76.6. The number of ether oxygens (including phenoxy) is 4. The number of hydrogen-bond donors (Lipinski definition) is 4. The number of aromatic nitrogens is 10. The number of carbonyl (C=O) groups is 6. The number of pyridine rings is 2. The van der Waals surface area contributed by atoms with Crippen molar-refractivity contribution < 1.29 is 66.3 Å². The number of imidazole rings is 4. The molecule has 12 aromatic rings. The Kier molecular flexibility index (Phi) is 29.1. The molecule has 17 rings (SSSR count). The topological polar surface area (TPSA) is 368 Å². The highest BCUT2D eigenvalue weighted by Crippen LogP contribution is 2.42. The van der Waals surface area contributed by atoms with Gasteiger partial charge in [0.15, 0.2) is 0 Å². The Morgan fingerprint density at radius 2 is 0.908 bits per heavy atom. The summed E-state index contributed by atoms with van der Waals surface area (Å²) >= 11 is 0. The summed E-state index contributed by atoms with van der Waals surface area (Å²) in [7, 11) is 4.20. The van der Waals surface area contributed by atoms with Crippen LogP contribution >= 0.6 is 0 Å². The van der Waals surface area contributed by atoms with Gasteiger partial charge in [0.1, 0.15) is 46.2 Å². The molecule has 0 saturated heterocycles. The largest absolute Gasteiger partial charge is 0.452 e. The predicted octanol–water partition coefficient (Wildman–Crippen LogP) is 13.0. The lowest BCUT2D eigenvalue weighted by Gasteiger charge is -2.36.